The van der Waals surface area contributed by atoms with Gasteiger partial charge in [0.05, 0.1) is 11.4 Å². The lowest BCUT2D eigenvalue weighted by Crippen LogP contribution is -2.17. The van der Waals surface area contributed by atoms with Crippen LogP contribution in [0.1, 0.15) is 25.0 Å². The summed E-state index contributed by atoms with van der Waals surface area (Å²) >= 11 is 0. The average molecular weight is 704 g/mol. The molecule has 260 valence electrons. The summed E-state index contributed by atoms with van der Waals surface area (Å²) in [4.78, 5) is 2.48. The van der Waals surface area contributed by atoms with Gasteiger partial charge in [0.2, 0.25) is 0 Å². The lowest BCUT2D eigenvalue weighted by atomic mass is 9.82. The van der Waals surface area contributed by atoms with Crippen LogP contribution in [0, 0.1) is 0 Å². The Morgan fingerprint density at radius 2 is 1.09 bits per heavy atom. The zero-order valence-corrected chi connectivity index (χ0v) is 30.8. The van der Waals surface area contributed by atoms with E-state index in [-0.39, 0.29) is 5.41 Å². The molecule has 0 atom stereocenters. The standard InChI is InChI=1S/C53H37NO/c1-53(2)46-24-13-12-21-41(46)42-29-28-37(33-47(42)53)54(49-32-36-17-6-7-18-38(36)39-19-8-10-22-43(39)49)48-25-14-26-51-52(48)44-23-11-9-20-40(44)45-31-35(27-30-50(45)55-51)34-15-4-3-5-16-34/h3-33H,1-2H3. The summed E-state index contributed by atoms with van der Waals surface area (Å²) < 4.78 is 7.02. The van der Waals surface area contributed by atoms with E-state index in [0.717, 1.165) is 56.4 Å². The molecule has 0 aromatic heterocycles. The summed E-state index contributed by atoms with van der Waals surface area (Å²) in [6.45, 7) is 4.72. The van der Waals surface area contributed by atoms with Crippen molar-refractivity contribution in [2.75, 3.05) is 4.90 Å². The topological polar surface area (TPSA) is 12.5 Å². The van der Waals surface area contributed by atoms with Crippen molar-refractivity contribution < 1.29 is 4.74 Å². The van der Waals surface area contributed by atoms with E-state index in [4.69, 9.17) is 4.74 Å². The number of hydrogen-bond donors (Lipinski definition) is 0. The van der Waals surface area contributed by atoms with Crippen LogP contribution in [-0.4, -0.2) is 0 Å². The molecule has 0 saturated heterocycles. The molecule has 0 saturated carbocycles. The molecule has 1 aliphatic heterocycles. The Morgan fingerprint density at radius 1 is 0.400 bits per heavy atom. The summed E-state index contributed by atoms with van der Waals surface area (Å²) in [5.74, 6) is 1.68. The minimum absolute atomic E-state index is 0.152. The van der Waals surface area contributed by atoms with Crippen molar-refractivity contribution >= 4 is 38.6 Å². The fraction of sp³-hybridized carbons (Fsp3) is 0.0566. The van der Waals surface area contributed by atoms with Gasteiger partial charge in [-0.1, -0.05) is 159 Å². The van der Waals surface area contributed by atoms with Crippen LogP contribution >= 0.6 is 0 Å². The Morgan fingerprint density at radius 3 is 1.95 bits per heavy atom. The molecule has 1 heterocycles. The largest absolute Gasteiger partial charge is 0.456 e. The molecular formula is C53H37NO. The molecule has 9 aromatic carbocycles. The van der Waals surface area contributed by atoms with E-state index in [9.17, 15) is 0 Å². The van der Waals surface area contributed by atoms with Gasteiger partial charge >= 0.3 is 0 Å². The Balaban J connectivity index is 1.20. The highest BCUT2D eigenvalue weighted by atomic mass is 16.5. The highest BCUT2D eigenvalue weighted by Gasteiger charge is 2.36. The summed E-state index contributed by atoms with van der Waals surface area (Å²) in [7, 11) is 0. The Kier molecular flexibility index (Phi) is 6.93. The lowest BCUT2D eigenvalue weighted by molar-refractivity contribution is 0.488. The monoisotopic (exact) mass is 703 g/mol. The number of anilines is 3. The fourth-order valence-corrected chi connectivity index (χ4v) is 9.21. The minimum atomic E-state index is -0.152. The second-order valence-corrected chi connectivity index (χ2v) is 15.3. The van der Waals surface area contributed by atoms with Crippen LogP contribution in [0.4, 0.5) is 17.1 Å². The van der Waals surface area contributed by atoms with Crippen molar-refractivity contribution in [3.8, 4) is 56.0 Å². The Hall–Kier alpha value is -6.90. The van der Waals surface area contributed by atoms with E-state index in [0.29, 0.717) is 0 Å². The molecule has 0 radical (unpaired) electrons. The molecular weight excluding hydrogens is 667 g/mol. The molecule has 2 aliphatic rings. The molecule has 1 aliphatic carbocycles. The van der Waals surface area contributed by atoms with Gasteiger partial charge in [-0.15, -0.1) is 0 Å². The summed E-state index contributed by atoms with van der Waals surface area (Å²) in [5.41, 5.74) is 15.3. The normalized spacial score (nSPS) is 13.2. The van der Waals surface area contributed by atoms with Gasteiger partial charge in [-0.2, -0.15) is 0 Å². The highest BCUT2D eigenvalue weighted by Crippen LogP contribution is 2.56. The van der Waals surface area contributed by atoms with Gasteiger partial charge in [0, 0.05) is 27.6 Å². The first kappa shape index (κ1) is 31.6. The van der Waals surface area contributed by atoms with Gasteiger partial charge in [-0.05, 0) is 103 Å². The van der Waals surface area contributed by atoms with Crippen molar-refractivity contribution in [1.29, 1.82) is 0 Å². The van der Waals surface area contributed by atoms with Gasteiger partial charge in [-0.25, -0.2) is 0 Å². The van der Waals surface area contributed by atoms with Crippen molar-refractivity contribution in [3.05, 3.63) is 199 Å². The van der Waals surface area contributed by atoms with E-state index in [2.05, 4.69) is 207 Å². The molecule has 9 aromatic rings. The molecule has 0 unspecified atom stereocenters. The quantitative estimate of drug-likeness (QED) is 0.169. The van der Waals surface area contributed by atoms with Crippen LogP contribution in [-0.2, 0) is 5.41 Å². The van der Waals surface area contributed by atoms with Gasteiger partial charge in [-0.3, -0.25) is 0 Å². The minimum Gasteiger partial charge on any atom is -0.456 e. The van der Waals surface area contributed by atoms with Crippen molar-refractivity contribution in [2.24, 2.45) is 0 Å². The van der Waals surface area contributed by atoms with Crippen molar-refractivity contribution in [2.45, 2.75) is 19.3 Å². The van der Waals surface area contributed by atoms with Crippen LogP contribution in [0.15, 0.2) is 188 Å². The number of nitrogens with zero attached hydrogens (tertiary/aromatic N) is 1. The predicted molar refractivity (Wildman–Crippen MR) is 230 cm³/mol. The van der Waals surface area contributed by atoms with Crippen LogP contribution < -0.4 is 9.64 Å². The van der Waals surface area contributed by atoms with Gasteiger partial charge in [0.25, 0.3) is 0 Å². The van der Waals surface area contributed by atoms with E-state index in [1.165, 1.54) is 49.4 Å². The first-order valence-electron chi connectivity index (χ1n) is 19.1. The predicted octanol–water partition coefficient (Wildman–Crippen LogP) is 14.9. The first-order valence-corrected chi connectivity index (χ1v) is 19.1. The van der Waals surface area contributed by atoms with E-state index >= 15 is 0 Å². The number of hydrogen-bond acceptors (Lipinski definition) is 2. The average Bonchev–Trinajstić information content (AvgIpc) is 3.36. The number of benzene rings is 9. The second kappa shape index (κ2) is 12.1. The van der Waals surface area contributed by atoms with E-state index < -0.39 is 0 Å². The Bertz CT molecular complexity index is 2990. The highest BCUT2D eigenvalue weighted by molar-refractivity contribution is 6.15. The van der Waals surface area contributed by atoms with Crippen LogP contribution in [0.2, 0.25) is 0 Å². The maximum absolute atomic E-state index is 7.02. The third kappa shape index (κ3) is 4.81. The lowest BCUT2D eigenvalue weighted by Gasteiger charge is -2.31. The molecule has 2 nitrogen and oxygen atoms in total. The smallest absolute Gasteiger partial charge is 0.137 e. The van der Waals surface area contributed by atoms with Gasteiger partial charge < -0.3 is 9.64 Å². The van der Waals surface area contributed by atoms with Gasteiger partial charge in [0.15, 0.2) is 0 Å². The van der Waals surface area contributed by atoms with Gasteiger partial charge in [0.1, 0.15) is 11.5 Å². The summed E-state index contributed by atoms with van der Waals surface area (Å²) in [5, 5.41) is 4.88. The molecule has 2 heteroatoms. The molecule has 0 spiro atoms. The Labute approximate surface area is 321 Å². The zero-order valence-electron chi connectivity index (χ0n) is 30.8. The molecule has 11 rings (SSSR count). The van der Waals surface area contributed by atoms with Crippen molar-refractivity contribution in [3.63, 3.8) is 0 Å². The van der Waals surface area contributed by atoms with Crippen LogP contribution in [0.25, 0.3) is 66.1 Å². The number of ether oxygens (including phenoxy) is 1. The maximum Gasteiger partial charge on any atom is 0.137 e. The van der Waals surface area contributed by atoms with E-state index in [1.54, 1.807) is 0 Å². The SMILES string of the molecule is CC1(C)c2ccccc2-c2ccc(N(c3cccc4c3-c3ccccc3-c3cc(-c5ccccc5)ccc3O4)c3cc4ccccc4c4ccccc34)cc21. The third-order valence-electron chi connectivity index (χ3n) is 11.9. The molecule has 0 amide bonds. The van der Waals surface area contributed by atoms with Crippen molar-refractivity contribution in [1.82, 2.24) is 0 Å². The second-order valence-electron chi connectivity index (χ2n) is 15.3. The van der Waals surface area contributed by atoms with E-state index in [1.807, 2.05) is 0 Å². The molecule has 0 bridgehead atoms. The fourth-order valence-electron chi connectivity index (χ4n) is 9.21. The summed E-state index contributed by atoms with van der Waals surface area (Å²) in [6.07, 6.45) is 0. The third-order valence-corrected chi connectivity index (χ3v) is 11.9. The summed E-state index contributed by atoms with van der Waals surface area (Å²) in [6, 6.07) is 68.4. The van der Waals surface area contributed by atoms with Crippen LogP contribution in [0.5, 0.6) is 11.5 Å². The molecule has 0 fully saturated rings. The number of fused-ring (bicyclic) bond motifs is 11. The maximum atomic E-state index is 7.02. The first-order chi connectivity index (χ1) is 27.0. The number of rotatable bonds is 4. The molecule has 55 heavy (non-hydrogen) atoms. The zero-order chi connectivity index (χ0) is 36.7. The van der Waals surface area contributed by atoms with Crippen LogP contribution in [0.3, 0.4) is 0 Å². The molecule has 0 N–H and O–H groups in total.